The van der Waals surface area contributed by atoms with Crippen LogP contribution >= 0.6 is 0 Å². The Morgan fingerprint density at radius 3 is 1.96 bits per heavy atom. The molecule has 4 fully saturated rings. The number of nitrogens with one attached hydrogen (secondary N) is 1. The predicted octanol–water partition coefficient (Wildman–Crippen LogP) is 6.25. The van der Waals surface area contributed by atoms with Crippen LogP contribution in [0.1, 0.15) is 99.6 Å². The Morgan fingerprint density at radius 1 is 0.842 bits per heavy atom. The molecule has 4 atom stereocenters. The zero-order valence-electron chi connectivity index (χ0n) is 33.1. The molecule has 2 aromatic rings. The van der Waals surface area contributed by atoms with Gasteiger partial charge in [-0.25, -0.2) is 25.6 Å². The number of sulfone groups is 2. The molecule has 5 aliphatic rings. The van der Waals surface area contributed by atoms with Crippen molar-refractivity contribution >= 4 is 25.5 Å². The second-order valence-corrected chi connectivity index (χ2v) is 23.0. The Balaban J connectivity index is 0.000000241. The third-order valence-electron chi connectivity index (χ3n) is 12.0. The van der Waals surface area contributed by atoms with Crippen molar-refractivity contribution in [2.24, 2.45) is 16.6 Å². The highest BCUT2D eigenvalue weighted by Crippen LogP contribution is 2.52. The van der Waals surface area contributed by atoms with E-state index >= 15 is 4.39 Å². The molecule has 1 saturated carbocycles. The molecule has 2 aromatic carbocycles. The van der Waals surface area contributed by atoms with Gasteiger partial charge in [-0.3, -0.25) is 4.99 Å². The fourth-order valence-corrected chi connectivity index (χ4v) is 12.8. The molecule has 318 valence electrons. The van der Waals surface area contributed by atoms with E-state index < -0.39 is 73.6 Å². The lowest BCUT2D eigenvalue weighted by molar-refractivity contribution is -0.0949. The molecular formula is C40H57F2N3O10S2. The van der Waals surface area contributed by atoms with Gasteiger partial charge in [-0.2, -0.15) is 0 Å². The molecule has 0 aromatic heterocycles. The summed E-state index contributed by atoms with van der Waals surface area (Å²) in [7, 11) is -7.49. The summed E-state index contributed by atoms with van der Waals surface area (Å²) in [5.74, 6) is -0.255. The zero-order valence-corrected chi connectivity index (χ0v) is 34.7. The van der Waals surface area contributed by atoms with Crippen LogP contribution in [-0.4, -0.2) is 78.8 Å². The number of rotatable bonds is 5. The molecule has 13 nitrogen and oxygen atoms in total. The Labute approximate surface area is 334 Å². The van der Waals surface area contributed by atoms with E-state index in [0.717, 1.165) is 18.9 Å². The van der Waals surface area contributed by atoms with Gasteiger partial charge in [-0.15, -0.1) is 0 Å². The van der Waals surface area contributed by atoms with Crippen molar-refractivity contribution in [3.63, 3.8) is 0 Å². The number of benzene rings is 2. The minimum absolute atomic E-state index is 0. The minimum atomic E-state index is -3.78. The SMILES string of the molecule is C.C=C1N[C@@]2(c3cc(O)ccc3F)COC(C)(C)C[C@H]2S(=O)(=O)C1(C)C.CC1(C)C[C@@H]2[C@](c3cc(OCC4CC4)ccc3F)(CO1)N=C(N)C(C)(C)S2(=O)=O.O=O. The smallest absolute Gasteiger partial charge is 0.168 e. The molecule has 0 unspecified atom stereocenters. The average molecular weight is 842 g/mol. The Bertz CT molecular complexity index is 2140. The normalized spacial score (nSPS) is 30.7. The molecule has 4 N–H and O–H groups in total. The van der Waals surface area contributed by atoms with Gasteiger partial charge in [0, 0.05) is 26.8 Å². The van der Waals surface area contributed by atoms with Crippen LogP contribution in [0.15, 0.2) is 53.7 Å². The summed E-state index contributed by atoms with van der Waals surface area (Å²) in [6.07, 6.45) is 2.67. The van der Waals surface area contributed by atoms with Gasteiger partial charge >= 0.3 is 0 Å². The van der Waals surface area contributed by atoms with Crippen molar-refractivity contribution in [2.45, 2.75) is 131 Å². The van der Waals surface area contributed by atoms with Crippen molar-refractivity contribution in [3.05, 3.63) is 81.4 Å². The predicted molar refractivity (Wildman–Crippen MR) is 216 cm³/mol. The number of hydrogen-bond donors (Lipinski definition) is 3. The Morgan fingerprint density at radius 2 is 1.37 bits per heavy atom. The third-order valence-corrected chi connectivity index (χ3v) is 18.0. The van der Waals surface area contributed by atoms with Crippen LogP contribution in [0.2, 0.25) is 0 Å². The number of fused-ring (bicyclic) bond motifs is 2. The van der Waals surface area contributed by atoms with Gasteiger partial charge < -0.3 is 30.4 Å². The molecule has 0 radical (unpaired) electrons. The molecule has 7 rings (SSSR count). The van der Waals surface area contributed by atoms with E-state index in [4.69, 9.17) is 29.9 Å². The summed E-state index contributed by atoms with van der Waals surface area (Å²) in [5.41, 5.74) is 2.57. The number of hydrogen-bond acceptors (Lipinski definition) is 13. The van der Waals surface area contributed by atoms with Gasteiger partial charge in [-0.1, -0.05) is 14.0 Å². The van der Waals surface area contributed by atoms with E-state index in [1.165, 1.54) is 18.2 Å². The number of amidine groups is 1. The lowest BCUT2D eigenvalue weighted by Gasteiger charge is -2.56. The summed E-state index contributed by atoms with van der Waals surface area (Å²) >= 11 is 0. The number of nitrogens with zero attached hydrogens (tertiary/aromatic N) is 1. The highest BCUT2D eigenvalue weighted by atomic mass is 32.2. The Hall–Kier alpha value is -3.67. The number of nitrogens with two attached hydrogens (primary N) is 1. The van der Waals surface area contributed by atoms with Crippen LogP contribution in [0.3, 0.4) is 0 Å². The molecule has 4 aliphatic heterocycles. The number of halogens is 2. The first-order valence-electron chi connectivity index (χ1n) is 18.4. The first-order valence-corrected chi connectivity index (χ1v) is 21.5. The maximum atomic E-state index is 15.1. The zero-order chi connectivity index (χ0) is 42.1. The van der Waals surface area contributed by atoms with Crippen LogP contribution in [0, 0.1) is 27.5 Å². The standard InChI is InChI=1S/C21H29FN2O4S.C18H24FNO4S.CH4.O2/c1-19(2)10-17-21(12-28-19,24-18(23)20(3,4)29(17,25)26)15-9-14(7-8-16(15)22)27-11-13-5-6-13;1-11-17(4,5)25(22,23)15-9-16(2,3)24-10-18(15,20-11)13-8-12(21)6-7-14(13)19;;1-2/h7-9,13,17H,5-6,10-12H2,1-4H3,(H2,23,24);6-8,15,20-21H,1,9-10H2,2-5H3;1H4;/t17-,21-;15-,18-;;/m11../s1. The molecule has 0 bridgehead atoms. The average Bonchev–Trinajstić information content (AvgIpc) is 3.95. The molecule has 4 heterocycles. The topological polar surface area (TPSA) is 201 Å². The lowest BCUT2D eigenvalue weighted by atomic mass is 9.78. The van der Waals surface area contributed by atoms with Crippen molar-refractivity contribution in [1.82, 2.24) is 5.32 Å². The van der Waals surface area contributed by atoms with Gasteiger partial charge in [0.05, 0.1) is 41.5 Å². The second-order valence-electron chi connectivity index (χ2n) is 17.6. The summed E-state index contributed by atoms with van der Waals surface area (Å²) in [4.78, 5) is 18.6. The summed E-state index contributed by atoms with van der Waals surface area (Å²) in [5, 5.41) is 11.1. The number of ether oxygens (including phenoxy) is 3. The summed E-state index contributed by atoms with van der Waals surface area (Å²) in [6.45, 7) is 18.0. The van der Waals surface area contributed by atoms with Crippen LogP contribution < -0.4 is 15.8 Å². The van der Waals surface area contributed by atoms with E-state index in [1.54, 1.807) is 39.8 Å². The van der Waals surface area contributed by atoms with Crippen LogP contribution in [0.4, 0.5) is 8.78 Å². The third kappa shape index (κ3) is 7.80. The van der Waals surface area contributed by atoms with Gasteiger partial charge in [0.25, 0.3) is 0 Å². The minimum Gasteiger partial charge on any atom is -0.508 e. The molecule has 3 saturated heterocycles. The first kappa shape index (κ1) is 46.0. The van der Waals surface area contributed by atoms with Crippen molar-refractivity contribution < 1.29 is 44.9 Å². The van der Waals surface area contributed by atoms with Crippen molar-refractivity contribution in [2.75, 3.05) is 19.8 Å². The molecule has 0 spiro atoms. The first-order chi connectivity index (χ1) is 25.7. The molecule has 17 heteroatoms. The number of aromatic hydroxyl groups is 1. The summed E-state index contributed by atoms with van der Waals surface area (Å²) in [6, 6.07) is 8.06. The Kier molecular flexibility index (Phi) is 12.3. The highest BCUT2D eigenvalue weighted by Gasteiger charge is 2.64. The number of phenols is 1. The lowest BCUT2D eigenvalue weighted by Crippen LogP contribution is -2.71. The maximum absolute atomic E-state index is 15.1. The molecular weight excluding hydrogens is 785 g/mol. The van der Waals surface area contributed by atoms with E-state index in [9.17, 15) is 26.3 Å². The van der Waals surface area contributed by atoms with Gasteiger partial charge in [-0.05, 0) is 123 Å². The number of phenolic OH excluding ortho intramolecular Hbond substituents is 1. The van der Waals surface area contributed by atoms with Gasteiger partial charge in [0.1, 0.15) is 49.5 Å². The van der Waals surface area contributed by atoms with Crippen LogP contribution in [0.25, 0.3) is 0 Å². The van der Waals surface area contributed by atoms with E-state index in [0.29, 0.717) is 18.3 Å². The van der Waals surface area contributed by atoms with E-state index in [1.807, 2.05) is 27.7 Å². The van der Waals surface area contributed by atoms with Crippen molar-refractivity contribution in [3.8, 4) is 11.5 Å². The van der Waals surface area contributed by atoms with Gasteiger partial charge in [0.15, 0.2) is 19.7 Å². The quantitative estimate of drug-likeness (QED) is 0.306. The van der Waals surface area contributed by atoms with E-state index in [-0.39, 0.29) is 61.9 Å². The monoisotopic (exact) mass is 841 g/mol. The van der Waals surface area contributed by atoms with Crippen molar-refractivity contribution in [1.29, 1.82) is 0 Å². The van der Waals surface area contributed by atoms with E-state index in [2.05, 4.69) is 16.9 Å². The number of aliphatic imine (C=N–C) groups is 1. The fourth-order valence-electron chi connectivity index (χ4n) is 7.82. The molecule has 0 amide bonds. The largest absolute Gasteiger partial charge is 0.508 e. The second kappa shape index (κ2) is 15.2. The highest BCUT2D eigenvalue weighted by molar-refractivity contribution is 7.94. The maximum Gasteiger partial charge on any atom is 0.168 e. The van der Waals surface area contributed by atoms with Gasteiger partial charge in [0.2, 0.25) is 0 Å². The summed E-state index contributed by atoms with van der Waals surface area (Å²) < 4.78 is 98.9. The van der Waals surface area contributed by atoms with Crippen LogP contribution in [0.5, 0.6) is 11.5 Å². The fraction of sp³-hybridized carbons (Fsp3) is 0.625. The molecule has 1 aliphatic carbocycles. The molecule has 57 heavy (non-hydrogen) atoms. The van der Waals surface area contributed by atoms with Crippen LogP contribution in [-0.2, 0) is 40.2 Å².